The van der Waals surface area contributed by atoms with Crippen molar-refractivity contribution in [2.24, 2.45) is 17.8 Å². The van der Waals surface area contributed by atoms with Gasteiger partial charge in [0, 0.05) is 37.6 Å². The Morgan fingerprint density at radius 1 is 1.00 bits per heavy atom. The first-order valence-electron chi connectivity index (χ1n) is 10.9. The summed E-state index contributed by atoms with van der Waals surface area (Å²) < 4.78 is 5.34. The molecule has 4 nitrogen and oxygen atoms in total. The molecule has 4 heteroatoms. The zero-order chi connectivity index (χ0) is 18.4. The van der Waals surface area contributed by atoms with E-state index in [1.165, 1.54) is 37.7 Å². The number of piperidine rings is 3. The predicted molar refractivity (Wildman–Crippen MR) is 106 cm³/mol. The lowest BCUT2D eigenvalue weighted by atomic mass is 9.73. The van der Waals surface area contributed by atoms with Gasteiger partial charge in [-0.15, -0.1) is 0 Å². The van der Waals surface area contributed by atoms with Crippen LogP contribution in [0.15, 0.2) is 24.3 Å². The fourth-order valence-electron chi connectivity index (χ4n) is 6.09. The third-order valence-electron chi connectivity index (χ3n) is 7.65. The number of carbonyl (C=O) groups excluding carboxylic acids is 1. The number of ether oxygens (including phenoxy) is 1. The van der Waals surface area contributed by atoms with E-state index in [2.05, 4.69) is 34.1 Å². The second-order valence-corrected chi connectivity index (χ2v) is 9.22. The number of carbonyl (C=O) groups is 1. The second kappa shape index (κ2) is 7.12. The minimum Gasteiger partial charge on any atom is -0.497 e. The molecule has 3 aliphatic heterocycles. The molecule has 3 saturated heterocycles. The molecule has 0 unspecified atom stereocenters. The summed E-state index contributed by atoms with van der Waals surface area (Å²) in [6, 6.07) is 9.89. The summed E-state index contributed by atoms with van der Waals surface area (Å²) in [5.41, 5.74) is 1.43. The SMILES string of the molecule is COc1ccc([C@H]2CCC[C@H]3[C@@H]4C[C@@H](CN(C(=O)C5CCC5)C4)CN23)cc1. The summed E-state index contributed by atoms with van der Waals surface area (Å²) in [4.78, 5) is 17.9. The van der Waals surface area contributed by atoms with Gasteiger partial charge in [-0.2, -0.15) is 0 Å². The molecule has 1 amide bonds. The van der Waals surface area contributed by atoms with Crippen molar-refractivity contribution < 1.29 is 9.53 Å². The number of rotatable bonds is 3. The Morgan fingerprint density at radius 3 is 2.48 bits per heavy atom. The second-order valence-electron chi connectivity index (χ2n) is 9.22. The van der Waals surface area contributed by atoms with Crippen LogP contribution < -0.4 is 4.74 Å². The first kappa shape index (κ1) is 17.5. The van der Waals surface area contributed by atoms with Crippen molar-refractivity contribution >= 4 is 5.91 Å². The fourth-order valence-corrected chi connectivity index (χ4v) is 6.09. The van der Waals surface area contributed by atoms with Gasteiger partial charge < -0.3 is 9.64 Å². The Hall–Kier alpha value is -1.55. The fraction of sp³-hybridized carbons (Fsp3) is 0.696. The summed E-state index contributed by atoms with van der Waals surface area (Å²) >= 11 is 0. The molecule has 4 atom stereocenters. The van der Waals surface area contributed by atoms with Crippen molar-refractivity contribution in [2.75, 3.05) is 26.7 Å². The summed E-state index contributed by atoms with van der Waals surface area (Å²) in [6.07, 6.45) is 8.68. The first-order valence-corrected chi connectivity index (χ1v) is 10.9. The van der Waals surface area contributed by atoms with Gasteiger partial charge in [0.1, 0.15) is 5.75 Å². The zero-order valence-corrected chi connectivity index (χ0v) is 16.5. The average molecular weight is 369 g/mol. The van der Waals surface area contributed by atoms with Gasteiger partial charge in [-0.3, -0.25) is 9.69 Å². The van der Waals surface area contributed by atoms with E-state index in [1.807, 2.05) is 0 Å². The Morgan fingerprint density at radius 2 is 1.78 bits per heavy atom. The topological polar surface area (TPSA) is 32.8 Å². The molecule has 27 heavy (non-hydrogen) atoms. The molecule has 2 bridgehead atoms. The van der Waals surface area contributed by atoms with Crippen LogP contribution in [0, 0.1) is 17.8 Å². The monoisotopic (exact) mass is 368 g/mol. The van der Waals surface area contributed by atoms with Crippen LogP contribution in [0.5, 0.6) is 5.75 Å². The Bertz CT molecular complexity index is 684. The highest BCUT2D eigenvalue weighted by atomic mass is 16.5. The molecule has 1 aromatic carbocycles. The molecule has 3 heterocycles. The van der Waals surface area contributed by atoms with E-state index in [4.69, 9.17) is 4.74 Å². The summed E-state index contributed by atoms with van der Waals surface area (Å²) in [5.74, 6) is 3.07. The Labute approximate surface area is 162 Å². The molecular formula is C23H32N2O2. The van der Waals surface area contributed by atoms with Gasteiger partial charge in [0.15, 0.2) is 0 Å². The molecule has 0 spiro atoms. The molecule has 0 aromatic heterocycles. The minimum atomic E-state index is 0.346. The maximum absolute atomic E-state index is 12.8. The third kappa shape index (κ3) is 3.16. The van der Waals surface area contributed by atoms with Gasteiger partial charge >= 0.3 is 0 Å². The maximum Gasteiger partial charge on any atom is 0.225 e. The molecular weight excluding hydrogens is 336 g/mol. The van der Waals surface area contributed by atoms with Crippen molar-refractivity contribution in [3.63, 3.8) is 0 Å². The molecule has 1 aliphatic carbocycles. The molecule has 146 valence electrons. The third-order valence-corrected chi connectivity index (χ3v) is 7.65. The lowest BCUT2D eigenvalue weighted by Crippen LogP contribution is -2.61. The Kier molecular flexibility index (Phi) is 4.63. The van der Waals surface area contributed by atoms with Crippen LogP contribution in [0.4, 0.5) is 0 Å². The number of fused-ring (bicyclic) bond motifs is 4. The number of hydrogen-bond donors (Lipinski definition) is 0. The van der Waals surface area contributed by atoms with Crippen molar-refractivity contribution in [1.29, 1.82) is 0 Å². The van der Waals surface area contributed by atoms with Crippen molar-refractivity contribution in [3.8, 4) is 5.75 Å². The van der Waals surface area contributed by atoms with Gasteiger partial charge in [-0.25, -0.2) is 0 Å². The summed E-state index contributed by atoms with van der Waals surface area (Å²) in [6.45, 7) is 3.15. The number of nitrogens with zero attached hydrogens (tertiary/aromatic N) is 2. The van der Waals surface area contributed by atoms with Crippen LogP contribution in [0.1, 0.15) is 56.6 Å². The molecule has 4 aliphatic rings. The number of amides is 1. The van der Waals surface area contributed by atoms with Gasteiger partial charge in [0.25, 0.3) is 0 Å². The van der Waals surface area contributed by atoms with Crippen LogP contribution in [0.25, 0.3) is 0 Å². The van der Waals surface area contributed by atoms with E-state index in [-0.39, 0.29) is 0 Å². The molecule has 5 rings (SSSR count). The van der Waals surface area contributed by atoms with Gasteiger partial charge in [0.05, 0.1) is 7.11 Å². The smallest absolute Gasteiger partial charge is 0.225 e. The normalized spacial score (nSPS) is 33.9. The minimum absolute atomic E-state index is 0.346. The lowest BCUT2D eigenvalue weighted by molar-refractivity contribution is -0.145. The zero-order valence-electron chi connectivity index (χ0n) is 16.5. The number of methoxy groups -OCH3 is 1. The highest BCUT2D eigenvalue weighted by molar-refractivity contribution is 5.79. The van der Waals surface area contributed by atoms with E-state index in [9.17, 15) is 4.79 Å². The van der Waals surface area contributed by atoms with Crippen molar-refractivity contribution in [2.45, 2.75) is 57.0 Å². The van der Waals surface area contributed by atoms with Crippen LogP contribution in [0.2, 0.25) is 0 Å². The quantitative estimate of drug-likeness (QED) is 0.812. The maximum atomic E-state index is 12.8. The van der Waals surface area contributed by atoms with Crippen LogP contribution in [-0.2, 0) is 4.79 Å². The van der Waals surface area contributed by atoms with E-state index < -0.39 is 0 Å². The molecule has 1 aromatic rings. The number of benzene rings is 1. The number of hydrogen-bond acceptors (Lipinski definition) is 3. The van der Waals surface area contributed by atoms with Crippen LogP contribution in [0.3, 0.4) is 0 Å². The van der Waals surface area contributed by atoms with Gasteiger partial charge in [0.2, 0.25) is 5.91 Å². The van der Waals surface area contributed by atoms with E-state index in [0.717, 1.165) is 38.2 Å². The standard InChI is InChI=1S/C23H32N2O2/c1-27-20-10-8-17(9-11-20)21-6-3-7-22-19-12-16(14-25(21)22)13-24(15-19)23(26)18-4-2-5-18/h8-11,16,18-19,21-22H,2-7,12-15H2,1H3/t16-,19+,21+,22-/m0/s1. The number of likely N-dealkylation sites (tertiary alicyclic amines) is 1. The highest BCUT2D eigenvalue weighted by Gasteiger charge is 2.46. The predicted octanol–water partition coefficient (Wildman–Crippen LogP) is 3.87. The molecule has 0 N–H and O–H groups in total. The molecule has 1 saturated carbocycles. The van der Waals surface area contributed by atoms with Crippen LogP contribution >= 0.6 is 0 Å². The summed E-state index contributed by atoms with van der Waals surface area (Å²) in [7, 11) is 1.73. The van der Waals surface area contributed by atoms with Crippen molar-refractivity contribution in [3.05, 3.63) is 29.8 Å². The highest BCUT2D eigenvalue weighted by Crippen LogP contribution is 2.45. The van der Waals surface area contributed by atoms with Crippen LogP contribution in [-0.4, -0.2) is 48.5 Å². The van der Waals surface area contributed by atoms with Crippen molar-refractivity contribution in [1.82, 2.24) is 9.80 Å². The van der Waals surface area contributed by atoms with E-state index >= 15 is 0 Å². The largest absolute Gasteiger partial charge is 0.497 e. The van der Waals surface area contributed by atoms with Gasteiger partial charge in [-0.1, -0.05) is 18.6 Å². The first-order chi connectivity index (χ1) is 13.2. The van der Waals surface area contributed by atoms with E-state index in [1.54, 1.807) is 7.11 Å². The Balaban J connectivity index is 1.33. The average Bonchev–Trinajstić information content (AvgIpc) is 2.66. The lowest BCUT2D eigenvalue weighted by Gasteiger charge is -2.55. The molecule has 4 fully saturated rings. The molecule has 0 radical (unpaired) electrons. The van der Waals surface area contributed by atoms with Gasteiger partial charge in [-0.05, 0) is 68.1 Å². The van der Waals surface area contributed by atoms with E-state index in [0.29, 0.717) is 35.7 Å². The summed E-state index contributed by atoms with van der Waals surface area (Å²) in [5, 5.41) is 0.